The second kappa shape index (κ2) is 4.34. The standard InChI is InChI=1S/C7H10BrN3OS/c8-6-10-11-7(13-6)9-4-5-2-1-3-12-5/h5H,1-4H2,(H,9,11). The first-order valence-corrected chi connectivity index (χ1v) is 5.80. The number of hydrogen-bond donors (Lipinski definition) is 1. The summed E-state index contributed by atoms with van der Waals surface area (Å²) in [6.07, 6.45) is 2.67. The molecule has 6 heteroatoms. The van der Waals surface area contributed by atoms with E-state index in [0.29, 0.717) is 6.10 Å². The SMILES string of the molecule is Brc1nnc(NCC2CCCO2)s1. The molecule has 1 atom stereocenters. The molecule has 0 saturated carbocycles. The van der Waals surface area contributed by atoms with Crippen molar-refractivity contribution in [1.82, 2.24) is 10.2 Å². The Labute approximate surface area is 88.8 Å². The summed E-state index contributed by atoms with van der Waals surface area (Å²) in [6, 6.07) is 0. The Morgan fingerprint density at radius 2 is 2.54 bits per heavy atom. The zero-order valence-corrected chi connectivity index (χ0v) is 9.40. The zero-order chi connectivity index (χ0) is 9.10. The molecule has 1 aliphatic heterocycles. The molecule has 0 aliphatic carbocycles. The van der Waals surface area contributed by atoms with Crippen LogP contribution in [-0.4, -0.2) is 29.5 Å². The number of anilines is 1. The van der Waals surface area contributed by atoms with E-state index in [1.54, 1.807) is 0 Å². The lowest BCUT2D eigenvalue weighted by atomic mass is 10.2. The van der Waals surface area contributed by atoms with E-state index in [9.17, 15) is 0 Å². The van der Waals surface area contributed by atoms with Crippen molar-refractivity contribution in [2.24, 2.45) is 0 Å². The first kappa shape index (κ1) is 9.36. The van der Waals surface area contributed by atoms with Gasteiger partial charge in [0.1, 0.15) is 0 Å². The van der Waals surface area contributed by atoms with Crippen LogP contribution in [0.3, 0.4) is 0 Å². The van der Waals surface area contributed by atoms with Crippen molar-refractivity contribution in [3.63, 3.8) is 0 Å². The Balaban J connectivity index is 1.78. The molecular weight excluding hydrogens is 254 g/mol. The molecule has 0 aromatic carbocycles. The highest BCUT2D eigenvalue weighted by atomic mass is 79.9. The number of ether oxygens (including phenoxy) is 1. The molecule has 1 fully saturated rings. The highest BCUT2D eigenvalue weighted by Gasteiger charge is 2.15. The highest BCUT2D eigenvalue weighted by Crippen LogP contribution is 2.20. The number of hydrogen-bond acceptors (Lipinski definition) is 5. The molecule has 0 spiro atoms. The first-order valence-electron chi connectivity index (χ1n) is 4.19. The molecule has 0 radical (unpaired) electrons. The summed E-state index contributed by atoms with van der Waals surface area (Å²) < 4.78 is 6.27. The van der Waals surface area contributed by atoms with Gasteiger partial charge in [-0.25, -0.2) is 0 Å². The molecule has 1 saturated heterocycles. The van der Waals surface area contributed by atoms with Crippen molar-refractivity contribution in [3.05, 3.63) is 3.92 Å². The van der Waals surface area contributed by atoms with E-state index in [4.69, 9.17) is 4.74 Å². The third kappa shape index (κ3) is 2.62. The van der Waals surface area contributed by atoms with Crippen molar-refractivity contribution in [1.29, 1.82) is 0 Å². The summed E-state index contributed by atoms with van der Waals surface area (Å²) in [7, 11) is 0. The molecule has 2 heterocycles. The average molecular weight is 264 g/mol. The maximum absolute atomic E-state index is 5.46. The van der Waals surface area contributed by atoms with Crippen LogP contribution in [0.25, 0.3) is 0 Å². The summed E-state index contributed by atoms with van der Waals surface area (Å²) in [4.78, 5) is 0. The fraction of sp³-hybridized carbons (Fsp3) is 0.714. The van der Waals surface area contributed by atoms with Gasteiger partial charge < -0.3 is 10.1 Å². The fourth-order valence-electron chi connectivity index (χ4n) is 1.28. The normalized spacial score (nSPS) is 22.1. The molecule has 1 N–H and O–H groups in total. The monoisotopic (exact) mass is 263 g/mol. The van der Waals surface area contributed by atoms with Crippen molar-refractivity contribution < 1.29 is 4.74 Å². The highest BCUT2D eigenvalue weighted by molar-refractivity contribution is 9.11. The van der Waals surface area contributed by atoms with Crippen LogP contribution in [0.5, 0.6) is 0 Å². The Morgan fingerprint density at radius 3 is 3.15 bits per heavy atom. The molecule has 1 unspecified atom stereocenters. The largest absolute Gasteiger partial charge is 0.376 e. The summed E-state index contributed by atoms with van der Waals surface area (Å²) in [5, 5.41) is 11.8. The minimum atomic E-state index is 0.350. The molecule has 1 aliphatic rings. The maximum atomic E-state index is 5.46. The summed E-state index contributed by atoms with van der Waals surface area (Å²) in [5.41, 5.74) is 0. The van der Waals surface area contributed by atoms with Gasteiger partial charge in [0.25, 0.3) is 0 Å². The number of aromatic nitrogens is 2. The Hall–Kier alpha value is -0.200. The molecular formula is C7H10BrN3OS. The van der Waals surface area contributed by atoms with Gasteiger partial charge in [0.15, 0.2) is 3.92 Å². The van der Waals surface area contributed by atoms with Crippen molar-refractivity contribution in [3.8, 4) is 0 Å². The zero-order valence-electron chi connectivity index (χ0n) is 6.99. The van der Waals surface area contributed by atoms with Gasteiger partial charge in [0.2, 0.25) is 5.13 Å². The molecule has 0 amide bonds. The topological polar surface area (TPSA) is 47.0 Å². The number of nitrogens with one attached hydrogen (secondary N) is 1. The molecule has 0 bridgehead atoms. The third-order valence-electron chi connectivity index (χ3n) is 1.91. The van der Waals surface area contributed by atoms with E-state index < -0.39 is 0 Å². The molecule has 2 rings (SSSR count). The second-order valence-corrected chi connectivity index (χ2v) is 5.13. The lowest BCUT2D eigenvalue weighted by molar-refractivity contribution is 0.120. The van der Waals surface area contributed by atoms with E-state index in [1.807, 2.05) is 0 Å². The average Bonchev–Trinajstić information content (AvgIpc) is 2.71. The maximum Gasteiger partial charge on any atom is 0.206 e. The van der Waals surface area contributed by atoms with Gasteiger partial charge in [0.05, 0.1) is 6.10 Å². The minimum Gasteiger partial charge on any atom is -0.376 e. The first-order chi connectivity index (χ1) is 6.34. The van der Waals surface area contributed by atoms with Gasteiger partial charge in [-0.2, -0.15) is 0 Å². The predicted molar refractivity (Wildman–Crippen MR) is 55.1 cm³/mol. The van der Waals surface area contributed by atoms with E-state index in [1.165, 1.54) is 17.8 Å². The second-order valence-electron chi connectivity index (χ2n) is 2.88. The number of rotatable bonds is 3. The number of nitrogens with zero attached hydrogens (tertiary/aromatic N) is 2. The third-order valence-corrected chi connectivity index (χ3v) is 3.22. The molecule has 72 valence electrons. The van der Waals surface area contributed by atoms with Crippen molar-refractivity contribution in [2.75, 3.05) is 18.5 Å². The molecule has 4 nitrogen and oxygen atoms in total. The van der Waals surface area contributed by atoms with Gasteiger partial charge in [0, 0.05) is 13.2 Å². The molecule has 1 aromatic heterocycles. The predicted octanol–water partition coefficient (Wildman–Crippen LogP) is 1.89. The van der Waals surface area contributed by atoms with Crippen LogP contribution in [0.2, 0.25) is 0 Å². The van der Waals surface area contributed by atoms with Gasteiger partial charge in [-0.3, -0.25) is 0 Å². The van der Waals surface area contributed by atoms with E-state index in [2.05, 4.69) is 31.4 Å². The van der Waals surface area contributed by atoms with E-state index in [-0.39, 0.29) is 0 Å². The van der Waals surface area contributed by atoms with Crippen LogP contribution in [0.1, 0.15) is 12.8 Å². The molecule has 1 aromatic rings. The Morgan fingerprint density at radius 1 is 1.62 bits per heavy atom. The Bertz CT molecular complexity index is 274. The van der Waals surface area contributed by atoms with E-state index in [0.717, 1.165) is 28.6 Å². The van der Waals surface area contributed by atoms with Crippen LogP contribution in [0.15, 0.2) is 3.92 Å². The lowest BCUT2D eigenvalue weighted by Crippen LogP contribution is -2.18. The summed E-state index contributed by atoms with van der Waals surface area (Å²) in [6.45, 7) is 1.73. The van der Waals surface area contributed by atoms with Crippen LogP contribution in [-0.2, 0) is 4.74 Å². The smallest absolute Gasteiger partial charge is 0.206 e. The molecule has 13 heavy (non-hydrogen) atoms. The van der Waals surface area contributed by atoms with Gasteiger partial charge in [-0.15, -0.1) is 10.2 Å². The van der Waals surface area contributed by atoms with Crippen molar-refractivity contribution in [2.45, 2.75) is 18.9 Å². The van der Waals surface area contributed by atoms with Crippen molar-refractivity contribution >= 4 is 32.4 Å². The van der Waals surface area contributed by atoms with Crippen LogP contribution in [0.4, 0.5) is 5.13 Å². The Kier molecular flexibility index (Phi) is 3.13. The quantitative estimate of drug-likeness (QED) is 0.905. The summed E-state index contributed by atoms with van der Waals surface area (Å²) in [5.74, 6) is 0. The number of halogens is 1. The van der Waals surface area contributed by atoms with Gasteiger partial charge >= 0.3 is 0 Å². The van der Waals surface area contributed by atoms with Crippen LogP contribution in [0, 0.1) is 0 Å². The van der Waals surface area contributed by atoms with Crippen LogP contribution < -0.4 is 5.32 Å². The summed E-state index contributed by atoms with van der Waals surface area (Å²) >= 11 is 4.76. The fourth-order valence-corrected chi connectivity index (χ4v) is 2.30. The van der Waals surface area contributed by atoms with Gasteiger partial charge in [-0.05, 0) is 28.8 Å². The van der Waals surface area contributed by atoms with Gasteiger partial charge in [-0.1, -0.05) is 11.3 Å². The lowest BCUT2D eigenvalue weighted by Gasteiger charge is -2.08. The minimum absolute atomic E-state index is 0.350. The van der Waals surface area contributed by atoms with Crippen LogP contribution >= 0.6 is 27.3 Å². The van der Waals surface area contributed by atoms with E-state index >= 15 is 0 Å².